The molecule has 0 aliphatic carbocycles. The van der Waals surface area contributed by atoms with Gasteiger partial charge in [-0.15, -0.1) is 0 Å². The van der Waals surface area contributed by atoms with Crippen molar-refractivity contribution in [2.24, 2.45) is 5.92 Å². The van der Waals surface area contributed by atoms with E-state index >= 15 is 0 Å². The molecule has 106 valence electrons. The van der Waals surface area contributed by atoms with Crippen LogP contribution in [0, 0.1) is 17.2 Å². The second-order valence-corrected chi connectivity index (χ2v) is 5.37. The number of carbonyl (C=O) groups is 1. The molecule has 2 atom stereocenters. The zero-order chi connectivity index (χ0) is 14.5. The van der Waals surface area contributed by atoms with E-state index in [1.54, 1.807) is 19.2 Å². The average molecular weight is 272 g/mol. The van der Waals surface area contributed by atoms with Gasteiger partial charge in [0.05, 0.1) is 24.2 Å². The normalized spacial score (nSPS) is 22.4. The maximum Gasteiger partial charge on any atom is 0.227 e. The number of likely N-dealkylation sites (tertiary alicyclic amines) is 1. The molecule has 1 amide bonds. The van der Waals surface area contributed by atoms with Gasteiger partial charge in [-0.25, -0.2) is 0 Å². The molecular formula is C16H20N2O2. The highest BCUT2D eigenvalue weighted by Gasteiger charge is 2.28. The molecule has 0 aromatic heterocycles. The summed E-state index contributed by atoms with van der Waals surface area (Å²) in [7, 11) is 1.70. The fourth-order valence-corrected chi connectivity index (χ4v) is 2.55. The Morgan fingerprint density at radius 2 is 2.15 bits per heavy atom. The summed E-state index contributed by atoms with van der Waals surface area (Å²) in [4.78, 5) is 14.2. The molecule has 0 radical (unpaired) electrons. The third-order valence-corrected chi connectivity index (χ3v) is 3.98. The minimum atomic E-state index is 0.128. The first-order valence-electron chi connectivity index (χ1n) is 6.93. The predicted octanol–water partition coefficient (Wildman–Crippen LogP) is 1.98. The fraction of sp³-hybridized carbons (Fsp3) is 0.500. The summed E-state index contributed by atoms with van der Waals surface area (Å²) in [5.74, 6) is 0.627. The number of hydrogen-bond acceptors (Lipinski definition) is 3. The lowest BCUT2D eigenvalue weighted by Crippen LogP contribution is -2.47. The Morgan fingerprint density at radius 1 is 1.45 bits per heavy atom. The van der Waals surface area contributed by atoms with Gasteiger partial charge in [-0.1, -0.05) is 19.1 Å². The second-order valence-electron chi connectivity index (χ2n) is 5.37. The summed E-state index contributed by atoms with van der Waals surface area (Å²) in [6.07, 6.45) is 1.50. The molecular weight excluding hydrogens is 252 g/mol. The van der Waals surface area contributed by atoms with Gasteiger partial charge in [0.2, 0.25) is 5.91 Å². The highest BCUT2D eigenvalue weighted by atomic mass is 16.5. The number of piperidine rings is 1. The summed E-state index contributed by atoms with van der Waals surface area (Å²) in [5, 5.41) is 8.76. The summed E-state index contributed by atoms with van der Waals surface area (Å²) in [5.41, 5.74) is 1.56. The Kier molecular flexibility index (Phi) is 4.75. The van der Waals surface area contributed by atoms with Crippen molar-refractivity contribution in [3.63, 3.8) is 0 Å². The Morgan fingerprint density at radius 3 is 2.75 bits per heavy atom. The smallest absolute Gasteiger partial charge is 0.227 e. The number of methoxy groups -OCH3 is 1. The van der Waals surface area contributed by atoms with Gasteiger partial charge < -0.3 is 9.64 Å². The molecule has 1 fully saturated rings. The van der Waals surface area contributed by atoms with Gasteiger partial charge in [-0.3, -0.25) is 4.79 Å². The van der Waals surface area contributed by atoms with Crippen LogP contribution < -0.4 is 0 Å². The Bertz CT molecular complexity index is 504. The monoisotopic (exact) mass is 272 g/mol. The van der Waals surface area contributed by atoms with E-state index in [0.717, 1.165) is 18.5 Å². The third-order valence-electron chi connectivity index (χ3n) is 3.98. The number of benzene rings is 1. The van der Waals surface area contributed by atoms with Crippen molar-refractivity contribution in [3.8, 4) is 6.07 Å². The van der Waals surface area contributed by atoms with Crippen molar-refractivity contribution in [2.45, 2.75) is 25.9 Å². The van der Waals surface area contributed by atoms with E-state index in [9.17, 15) is 4.79 Å². The summed E-state index contributed by atoms with van der Waals surface area (Å²) in [6, 6.07) is 9.26. The maximum absolute atomic E-state index is 12.3. The van der Waals surface area contributed by atoms with Gasteiger partial charge in [0.15, 0.2) is 0 Å². The van der Waals surface area contributed by atoms with Crippen LogP contribution >= 0.6 is 0 Å². The lowest BCUT2D eigenvalue weighted by Gasteiger charge is -2.36. The van der Waals surface area contributed by atoms with E-state index < -0.39 is 0 Å². The molecule has 0 saturated carbocycles. The van der Waals surface area contributed by atoms with Gasteiger partial charge >= 0.3 is 0 Å². The van der Waals surface area contributed by atoms with Gasteiger partial charge in [0.1, 0.15) is 0 Å². The lowest BCUT2D eigenvalue weighted by atomic mass is 9.95. The molecule has 1 heterocycles. The zero-order valence-corrected chi connectivity index (χ0v) is 12.0. The molecule has 1 saturated heterocycles. The molecule has 2 unspecified atom stereocenters. The van der Waals surface area contributed by atoms with E-state index in [4.69, 9.17) is 10.00 Å². The zero-order valence-electron chi connectivity index (χ0n) is 12.0. The molecule has 1 aliphatic rings. The number of amides is 1. The first-order valence-corrected chi connectivity index (χ1v) is 6.93. The first-order chi connectivity index (χ1) is 9.63. The predicted molar refractivity (Wildman–Crippen MR) is 76.0 cm³/mol. The highest BCUT2D eigenvalue weighted by molar-refractivity contribution is 5.79. The average Bonchev–Trinajstić information content (AvgIpc) is 2.48. The molecule has 0 N–H and O–H groups in total. The van der Waals surface area contributed by atoms with Crippen molar-refractivity contribution in [1.82, 2.24) is 4.90 Å². The molecule has 1 aliphatic heterocycles. The Balaban J connectivity index is 1.96. The number of rotatable bonds is 3. The number of nitriles is 1. The van der Waals surface area contributed by atoms with E-state index in [1.807, 2.05) is 17.0 Å². The van der Waals surface area contributed by atoms with E-state index in [0.29, 0.717) is 24.4 Å². The van der Waals surface area contributed by atoms with Crippen molar-refractivity contribution in [2.75, 3.05) is 20.2 Å². The molecule has 20 heavy (non-hydrogen) atoms. The summed E-state index contributed by atoms with van der Waals surface area (Å²) in [6.45, 7) is 3.64. The fourth-order valence-electron chi connectivity index (χ4n) is 2.55. The number of hydrogen-bond donors (Lipinski definition) is 0. The Hall–Kier alpha value is -1.86. The van der Waals surface area contributed by atoms with Gasteiger partial charge in [-0.2, -0.15) is 5.26 Å². The topological polar surface area (TPSA) is 53.3 Å². The lowest BCUT2D eigenvalue weighted by molar-refractivity contribution is -0.135. The highest BCUT2D eigenvalue weighted by Crippen LogP contribution is 2.20. The van der Waals surface area contributed by atoms with Crippen molar-refractivity contribution < 1.29 is 9.53 Å². The van der Waals surface area contributed by atoms with Crippen molar-refractivity contribution >= 4 is 5.91 Å². The maximum atomic E-state index is 12.3. The van der Waals surface area contributed by atoms with Crippen LogP contribution in [0.1, 0.15) is 24.5 Å². The van der Waals surface area contributed by atoms with E-state index in [1.165, 1.54) is 0 Å². The molecule has 4 heteroatoms. The van der Waals surface area contributed by atoms with Crippen molar-refractivity contribution in [3.05, 3.63) is 35.4 Å². The molecule has 0 spiro atoms. The number of carbonyl (C=O) groups excluding carboxylic acids is 1. The van der Waals surface area contributed by atoms with Crippen LogP contribution in [0.25, 0.3) is 0 Å². The molecule has 1 aromatic carbocycles. The van der Waals surface area contributed by atoms with E-state index in [2.05, 4.69) is 13.0 Å². The molecule has 2 rings (SSSR count). The quantitative estimate of drug-likeness (QED) is 0.845. The largest absolute Gasteiger partial charge is 0.379 e. The molecule has 1 aromatic rings. The minimum Gasteiger partial charge on any atom is -0.379 e. The van der Waals surface area contributed by atoms with Crippen LogP contribution in [0.5, 0.6) is 0 Å². The summed E-state index contributed by atoms with van der Waals surface area (Å²) < 4.78 is 5.43. The van der Waals surface area contributed by atoms with Crippen LogP contribution in [0.3, 0.4) is 0 Å². The van der Waals surface area contributed by atoms with Crippen LogP contribution in [0.15, 0.2) is 24.3 Å². The minimum absolute atomic E-state index is 0.128. The molecule has 0 bridgehead atoms. The van der Waals surface area contributed by atoms with Crippen LogP contribution in [-0.4, -0.2) is 37.1 Å². The molecule has 4 nitrogen and oxygen atoms in total. The number of ether oxygens (including phenoxy) is 1. The van der Waals surface area contributed by atoms with Gasteiger partial charge in [0, 0.05) is 20.2 Å². The number of nitrogens with zero attached hydrogens (tertiary/aromatic N) is 2. The third kappa shape index (κ3) is 3.37. The van der Waals surface area contributed by atoms with E-state index in [-0.39, 0.29) is 12.0 Å². The van der Waals surface area contributed by atoms with Crippen molar-refractivity contribution in [1.29, 1.82) is 5.26 Å². The van der Waals surface area contributed by atoms with Crippen LogP contribution in [-0.2, 0) is 16.0 Å². The first kappa shape index (κ1) is 14.5. The van der Waals surface area contributed by atoms with Crippen LogP contribution in [0.4, 0.5) is 0 Å². The second kappa shape index (κ2) is 6.53. The van der Waals surface area contributed by atoms with Gasteiger partial charge in [-0.05, 0) is 30.0 Å². The standard InChI is InChI=1S/C16H20N2O2/c1-12-7-8-18(11-15(12)20-2)16(19)9-13-3-5-14(10-17)6-4-13/h3-6,12,15H,7-9,11H2,1-2H3. The van der Waals surface area contributed by atoms with Crippen LogP contribution in [0.2, 0.25) is 0 Å². The Labute approximate surface area is 120 Å². The SMILES string of the molecule is COC1CN(C(=O)Cc2ccc(C#N)cc2)CCC1C. The van der Waals surface area contributed by atoms with Gasteiger partial charge in [0.25, 0.3) is 0 Å². The summed E-state index contributed by atoms with van der Waals surface area (Å²) >= 11 is 0.